The molecule has 1 heterocycles. The Kier molecular flexibility index (Phi) is 5.77. The summed E-state index contributed by atoms with van der Waals surface area (Å²) in [5.74, 6) is 0.309. The summed E-state index contributed by atoms with van der Waals surface area (Å²) in [5, 5.41) is 0. The Morgan fingerprint density at radius 1 is 1.04 bits per heavy atom. The van der Waals surface area contributed by atoms with Gasteiger partial charge in [-0.25, -0.2) is 8.42 Å². The Balaban J connectivity index is 1.69. The number of carbonyl (C=O) groups excluding carboxylic acids is 1. The number of carbonyl (C=O) groups is 1. The third-order valence-electron chi connectivity index (χ3n) is 4.85. The van der Waals surface area contributed by atoms with Crippen LogP contribution in [0.4, 0.5) is 0 Å². The highest BCUT2D eigenvalue weighted by atomic mass is 32.2. The van der Waals surface area contributed by atoms with Crippen LogP contribution in [-0.2, 0) is 21.1 Å². The topological polar surface area (TPSA) is 54.5 Å². The molecule has 0 radical (unpaired) electrons. The first-order valence-electron chi connectivity index (χ1n) is 9.13. The summed E-state index contributed by atoms with van der Waals surface area (Å²) in [6, 6.07) is 18.0. The standard InChI is InChI=1S/C21H25NO3S/c1-2-13-22(20-12-14-26(24,25)16-20)21(23)15-17-8-10-19(11-9-17)18-6-4-3-5-7-18/h3-11,20H,2,12-16H2,1H3/t20-/m0/s1. The van der Waals surface area contributed by atoms with Gasteiger partial charge in [0.2, 0.25) is 5.91 Å². The smallest absolute Gasteiger partial charge is 0.227 e. The van der Waals surface area contributed by atoms with Crippen LogP contribution in [0.25, 0.3) is 11.1 Å². The fourth-order valence-electron chi connectivity index (χ4n) is 3.49. The Labute approximate surface area is 155 Å². The molecule has 3 rings (SSSR count). The fraction of sp³-hybridized carbons (Fsp3) is 0.381. The lowest BCUT2D eigenvalue weighted by Crippen LogP contribution is -2.42. The Hall–Kier alpha value is -2.14. The van der Waals surface area contributed by atoms with Crippen molar-refractivity contribution in [2.45, 2.75) is 32.2 Å². The molecule has 26 heavy (non-hydrogen) atoms. The summed E-state index contributed by atoms with van der Waals surface area (Å²) in [5.41, 5.74) is 3.22. The van der Waals surface area contributed by atoms with Crippen molar-refractivity contribution in [1.29, 1.82) is 0 Å². The highest BCUT2D eigenvalue weighted by molar-refractivity contribution is 7.91. The highest BCUT2D eigenvalue weighted by Crippen LogP contribution is 2.21. The van der Waals surface area contributed by atoms with Crippen LogP contribution < -0.4 is 0 Å². The van der Waals surface area contributed by atoms with Gasteiger partial charge in [0.05, 0.1) is 17.9 Å². The first-order valence-corrected chi connectivity index (χ1v) is 10.9. The van der Waals surface area contributed by atoms with Gasteiger partial charge in [-0.2, -0.15) is 0 Å². The van der Waals surface area contributed by atoms with Crippen LogP contribution in [0.3, 0.4) is 0 Å². The van der Waals surface area contributed by atoms with Crippen LogP contribution in [0.5, 0.6) is 0 Å². The maximum absolute atomic E-state index is 12.8. The summed E-state index contributed by atoms with van der Waals surface area (Å²) in [6.45, 7) is 2.62. The van der Waals surface area contributed by atoms with Gasteiger partial charge in [0, 0.05) is 12.6 Å². The lowest BCUT2D eigenvalue weighted by molar-refractivity contribution is -0.132. The molecule has 138 valence electrons. The number of sulfone groups is 1. The first-order chi connectivity index (χ1) is 12.5. The SMILES string of the molecule is CCCN(C(=O)Cc1ccc(-c2ccccc2)cc1)[C@H]1CCS(=O)(=O)C1. The van der Waals surface area contributed by atoms with Crippen molar-refractivity contribution in [2.24, 2.45) is 0 Å². The molecule has 1 fully saturated rings. The van der Waals surface area contributed by atoms with Crippen molar-refractivity contribution in [2.75, 3.05) is 18.1 Å². The minimum absolute atomic E-state index is 0.0152. The normalized spacial score (nSPS) is 18.6. The van der Waals surface area contributed by atoms with Crippen molar-refractivity contribution >= 4 is 15.7 Å². The van der Waals surface area contributed by atoms with Crippen molar-refractivity contribution in [3.63, 3.8) is 0 Å². The van der Waals surface area contributed by atoms with Gasteiger partial charge in [-0.05, 0) is 29.5 Å². The molecule has 4 nitrogen and oxygen atoms in total. The maximum Gasteiger partial charge on any atom is 0.227 e. The van der Waals surface area contributed by atoms with Crippen LogP contribution in [0, 0.1) is 0 Å². The van der Waals surface area contributed by atoms with Gasteiger partial charge in [0.25, 0.3) is 0 Å². The van der Waals surface area contributed by atoms with Crippen molar-refractivity contribution in [3.8, 4) is 11.1 Å². The monoisotopic (exact) mass is 371 g/mol. The summed E-state index contributed by atoms with van der Waals surface area (Å²) in [7, 11) is -3.00. The van der Waals surface area contributed by atoms with Crippen molar-refractivity contribution in [3.05, 3.63) is 60.2 Å². The van der Waals surface area contributed by atoms with E-state index in [-0.39, 0.29) is 23.5 Å². The van der Waals surface area contributed by atoms with E-state index in [0.29, 0.717) is 19.4 Å². The molecular formula is C21H25NO3S. The number of hydrogen-bond donors (Lipinski definition) is 0. The first kappa shape index (κ1) is 18.6. The molecule has 0 bridgehead atoms. The second kappa shape index (κ2) is 8.04. The minimum atomic E-state index is -3.00. The molecule has 2 aromatic carbocycles. The lowest BCUT2D eigenvalue weighted by atomic mass is 10.0. The number of rotatable bonds is 6. The molecule has 0 unspecified atom stereocenters. The second-order valence-electron chi connectivity index (χ2n) is 6.88. The predicted octanol–water partition coefficient (Wildman–Crippen LogP) is 3.32. The molecule has 1 atom stereocenters. The number of benzene rings is 2. The van der Waals surface area contributed by atoms with Crippen molar-refractivity contribution in [1.82, 2.24) is 4.90 Å². The quantitative estimate of drug-likeness (QED) is 0.783. The lowest BCUT2D eigenvalue weighted by Gasteiger charge is -2.28. The van der Waals surface area contributed by atoms with E-state index in [2.05, 4.69) is 12.1 Å². The van der Waals surface area contributed by atoms with Crippen molar-refractivity contribution < 1.29 is 13.2 Å². The summed E-state index contributed by atoms with van der Waals surface area (Å²) >= 11 is 0. The zero-order valence-corrected chi connectivity index (χ0v) is 15.9. The van der Waals surface area contributed by atoms with Crippen LogP contribution >= 0.6 is 0 Å². The fourth-order valence-corrected chi connectivity index (χ4v) is 5.23. The Morgan fingerprint density at radius 2 is 1.69 bits per heavy atom. The average Bonchev–Trinajstić information content (AvgIpc) is 3.00. The van der Waals surface area contributed by atoms with Gasteiger partial charge < -0.3 is 4.90 Å². The number of hydrogen-bond acceptors (Lipinski definition) is 3. The van der Waals surface area contributed by atoms with E-state index in [4.69, 9.17) is 0 Å². The summed E-state index contributed by atoms with van der Waals surface area (Å²) in [4.78, 5) is 14.6. The second-order valence-corrected chi connectivity index (χ2v) is 9.11. The largest absolute Gasteiger partial charge is 0.338 e. The predicted molar refractivity (Wildman–Crippen MR) is 105 cm³/mol. The third-order valence-corrected chi connectivity index (χ3v) is 6.60. The van der Waals surface area contributed by atoms with Crippen LogP contribution in [0.1, 0.15) is 25.3 Å². The molecule has 1 aliphatic heterocycles. The van der Waals surface area contributed by atoms with Gasteiger partial charge in [-0.15, -0.1) is 0 Å². The molecule has 1 saturated heterocycles. The van der Waals surface area contributed by atoms with E-state index in [0.717, 1.165) is 23.1 Å². The zero-order chi connectivity index (χ0) is 18.6. The van der Waals surface area contributed by atoms with Crippen LogP contribution in [-0.4, -0.2) is 43.3 Å². The molecule has 0 aromatic heterocycles. The van der Waals surface area contributed by atoms with E-state index in [1.165, 1.54) is 0 Å². The Morgan fingerprint density at radius 3 is 2.27 bits per heavy atom. The summed E-state index contributed by atoms with van der Waals surface area (Å²) < 4.78 is 23.5. The van der Waals surface area contributed by atoms with Crippen LogP contribution in [0.2, 0.25) is 0 Å². The van der Waals surface area contributed by atoms with Gasteiger partial charge in [-0.3, -0.25) is 4.79 Å². The van der Waals surface area contributed by atoms with E-state index in [1.807, 2.05) is 49.4 Å². The minimum Gasteiger partial charge on any atom is -0.338 e. The maximum atomic E-state index is 12.8. The molecule has 0 spiro atoms. The number of amides is 1. The van der Waals surface area contributed by atoms with Crippen LogP contribution in [0.15, 0.2) is 54.6 Å². The number of nitrogens with zero attached hydrogens (tertiary/aromatic N) is 1. The van der Waals surface area contributed by atoms with Gasteiger partial charge in [0.1, 0.15) is 0 Å². The molecule has 5 heteroatoms. The van der Waals surface area contributed by atoms with Gasteiger partial charge >= 0.3 is 0 Å². The van der Waals surface area contributed by atoms with E-state index < -0.39 is 9.84 Å². The molecule has 1 aliphatic rings. The van der Waals surface area contributed by atoms with E-state index >= 15 is 0 Å². The van der Waals surface area contributed by atoms with E-state index in [9.17, 15) is 13.2 Å². The molecule has 1 amide bonds. The molecule has 0 saturated carbocycles. The average molecular weight is 372 g/mol. The zero-order valence-electron chi connectivity index (χ0n) is 15.1. The molecular weight excluding hydrogens is 346 g/mol. The van der Waals surface area contributed by atoms with E-state index in [1.54, 1.807) is 4.90 Å². The Bertz CT molecular complexity index is 845. The molecule has 0 N–H and O–H groups in total. The van der Waals surface area contributed by atoms with Gasteiger partial charge in [0.15, 0.2) is 9.84 Å². The van der Waals surface area contributed by atoms with Gasteiger partial charge in [-0.1, -0.05) is 61.5 Å². The third kappa shape index (κ3) is 4.52. The highest BCUT2D eigenvalue weighted by Gasteiger charge is 2.34. The summed E-state index contributed by atoms with van der Waals surface area (Å²) in [6.07, 6.45) is 1.70. The molecule has 0 aliphatic carbocycles. The molecule has 2 aromatic rings.